The molecule has 0 atom stereocenters. The van der Waals surface area contributed by atoms with Crippen LogP contribution in [0.1, 0.15) is 16.2 Å². The Labute approximate surface area is 75.0 Å². The van der Waals surface area contributed by atoms with Crippen LogP contribution in [0.5, 0.6) is 0 Å². The van der Waals surface area contributed by atoms with Crippen LogP contribution >= 0.6 is 0 Å². The fraction of sp³-hybridized carbons (Fsp3) is 0.667. The topological polar surface area (TPSA) is 68.8 Å². The molecule has 0 fully saturated rings. The van der Waals surface area contributed by atoms with E-state index >= 15 is 0 Å². The molecule has 0 saturated heterocycles. The molecule has 0 saturated carbocycles. The standard InChI is InChI=1S/C3H6O2.Ca.H2O.2H/c1-2-3(4)5;;;;/h2H2,1H3,(H,4,5);;1H2;;/q;+2;;2*-1. The molecule has 0 unspecified atom stereocenters. The number of carbonyl (C=O) groups is 1. The van der Waals surface area contributed by atoms with Crippen molar-refractivity contribution in [2.24, 2.45) is 0 Å². The van der Waals surface area contributed by atoms with Gasteiger partial charge in [-0.1, -0.05) is 6.92 Å². The second-order valence-corrected chi connectivity index (χ2v) is 0.747. The molecule has 7 heavy (non-hydrogen) atoms. The van der Waals surface area contributed by atoms with E-state index < -0.39 is 5.97 Å². The molecule has 0 heterocycles. The number of aliphatic carboxylic acids is 1. The molecule has 4 heteroatoms. The maximum atomic E-state index is 9.37. The van der Waals surface area contributed by atoms with Gasteiger partial charge in [-0.3, -0.25) is 4.79 Å². The van der Waals surface area contributed by atoms with E-state index in [0.29, 0.717) is 0 Å². The van der Waals surface area contributed by atoms with Crippen molar-refractivity contribution in [2.75, 3.05) is 0 Å². The smallest absolute Gasteiger partial charge is 1.00 e. The molecule has 0 bridgehead atoms. The van der Waals surface area contributed by atoms with Crippen LogP contribution in [0, 0.1) is 0 Å². The summed E-state index contributed by atoms with van der Waals surface area (Å²) in [6.45, 7) is 1.60. The van der Waals surface area contributed by atoms with Crippen LogP contribution in [0.15, 0.2) is 0 Å². The summed E-state index contributed by atoms with van der Waals surface area (Å²) < 4.78 is 0. The molecule has 0 radical (unpaired) electrons. The third-order valence-electron chi connectivity index (χ3n) is 0.302. The zero-order valence-corrected chi connectivity index (χ0v) is 6.48. The summed E-state index contributed by atoms with van der Waals surface area (Å²) in [5.41, 5.74) is 0. The van der Waals surface area contributed by atoms with Crippen molar-refractivity contribution in [1.29, 1.82) is 0 Å². The van der Waals surface area contributed by atoms with Gasteiger partial charge in [-0.25, -0.2) is 0 Å². The molecule has 0 aromatic carbocycles. The molecule has 0 aromatic heterocycles. The minimum Gasteiger partial charge on any atom is -1.00 e. The van der Waals surface area contributed by atoms with Crippen molar-refractivity contribution in [3.05, 3.63) is 0 Å². The zero-order chi connectivity index (χ0) is 4.28. The summed E-state index contributed by atoms with van der Waals surface area (Å²) in [5.74, 6) is -0.745. The zero-order valence-electron chi connectivity index (χ0n) is 6.27. The first-order chi connectivity index (χ1) is 2.27. The van der Waals surface area contributed by atoms with Crippen LogP contribution in [-0.4, -0.2) is 54.3 Å². The van der Waals surface area contributed by atoms with Gasteiger partial charge in [0.05, 0.1) is 0 Å². The SMILES string of the molecule is CCC(=O)O.O.[Ca+2].[H-].[H-]. The Bertz CT molecular complexity index is 52.3. The largest absolute Gasteiger partial charge is 2.00 e. The van der Waals surface area contributed by atoms with Crippen molar-refractivity contribution in [2.45, 2.75) is 13.3 Å². The molecule has 0 amide bonds. The Morgan fingerprint density at radius 2 is 2.00 bits per heavy atom. The average Bonchev–Trinajstić information content (AvgIpc) is 1.38. The molecule has 42 valence electrons. The number of hydrogen-bond acceptors (Lipinski definition) is 1. The minimum atomic E-state index is -0.745. The van der Waals surface area contributed by atoms with Crippen LogP contribution in [-0.2, 0) is 4.79 Å². The summed E-state index contributed by atoms with van der Waals surface area (Å²) in [6, 6.07) is 0. The molecule has 0 rings (SSSR count). The van der Waals surface area contributed by atoms with Gasteiger partial charge in [0.2, 0.25) is 0 Å². The second-order valence-electron chi connectivity index (χ2n) is 0.747. The quantitative estimate of drug-likeness (QED) is 0.491. The van der Waals surface area contributed by atoms with E-state index in [4.69, 9.17) is 5.11 Å². The summed E-state index contributed by atoms with van der Waals surface area (Å²) in [7, 11) is 0. The number of carboxylic acids is 1. The predicted molar refractivity (Wildman–Crippen MR) is 29.5 cm³/mol. The monoisotopic (exact) mass is 134 g/mol. The summed E-state index contributed by atoms with van der Waals surface area (Å²) in [4.78, 5) is 9.37. The van der Waals surface area contributed by atoms with Crippen LogP contribution in [0.4, 0.5) is 0 Å². The fourth-order valence-electron chi connectivity index (χ4n) is 0. The fourth-order valence-corrected chi connectivity index (χ4v) is 0. The van der Waals surface area contributed by atoms with Gasteiger partial charge in [0.25, 0.3) is 0 Å². The van der Waals surface area contributed by atoms with Gasteiger partial charge in [0.15, 0.2) is 0 Å². The van der Waals surface area contributed by atoms with Crippen molar-refractivity contribution in [1.82, 2.24) is 0 Å². The summed E-state index contributed by atoms with van der Waals surface area (Å²) in [6.07, 6.45) is 0.222. The van der Waals surface area contributed by atoms with E-state index in [1.54, 1.807) is 6.92 Å². The molecule has 0 spiro atoms. The number of rotatable bonds is 1. The molecule has 0 aliphatic rings. The van der Waals surface area contributed by atoms with Crippen LogP contribution in [0.25, 0.3) is 0 Å². The van der Waals surface area contributed by atoms with Crippen molar-refractivity contribution < 1.29 is 18.2 Å². The van der Waals surface area contributed by atoms with Gasteiger partial charge in [0.1, 0.15) is 0 Å². The Morgan fingerprint density at radius 3 is 2.00 bits per heavy atom. The minimum absolute atomic E-state index is 0. The Morgan fingerprint density at radius 1 is 1.86 bits per heavy atom. The Hall–Kier alpha value is 0.690. The van der Waals surface area contributed by atoms with Crippen LogP contribution in [0.3, 0.4) is 0 Å². The first-order valence-electron chi connectivity index (χ1n) is 1.49. The predicted octanol–water partition coefficient (Wildman–Crippen LogP) is -0.499. The van der Waals surface area contributed by atoms with E-state index in [9.17, 15) is 4.79 Å². The third-order valence-corrected chi connectivity index (χ3v) is 0.302. The molecule has 3 nitrogen and oxygen atoms in total. The second kappa shape index (κ2) is 9.85. The number of hydrogen-bond donors (Lipinski definition) is 1. The summed E-state index contributed by atoms with van der Waals surface area (Å²) >= 11 is 0. The molecule has 0 aliphatic heterocycles. The average molecular weight is 134 g/mol. The molecule has 0 aromatic rings. The van der Waals surface area contributed by atoms with Gasteiger partial charge < -0.3 is 13.4 Å². The van der Waals surface area contributed by atoms with Crippen molar-refractivity contribution in [3.8, 4) is 0 Å². The van der Waals surface area contributed by atoms with Gasteiger partial charge in [-0.2, -0.15) is 0 Å². The molecular formula is C3H10CaO3. The van der Waals surface area contributed by atoms with Gasteiger partial charge >= 0.3 is 43.7 Å². The van der Waals surface area contributed by atoms with Crippen molar-refractivity contribution in [3.63, 3.8) is 0 Å². The Balaban J connectivity index is -0.0000000133. The third kappa shape index (κ3) is 20.3. The first-order valence-corrected chi connectivity index (χ1v) is 1.49. The summed E-state index contributed by atoms with van der Waals surface area (Å²) in [5, 5.41) is 7.72. The first kappa shape index (κ1) is 15.6. The van der Waals surface area contributed by atoms with E-state index in [1.807, 2.05) is 0 Å². The van der Waals surface area contributed by atoms with E-state index in [2.05, 4.69) is 0 Å². The van der Waals surface area contributed by atoms with Crippen LogP contribution in [0.2, 0.25) is 0 Å². The van der Waals surface area contributed by atoms with E-state index in [1.165, 1.54) is 0 Å². The van der Waals surface area contributed by atoms with Gasteiger partial charge in [-0.15, -0.1) is 0 Å². The molecule has 0 aliphatic carbocycles. The molecule has 3 N–H and O–H groups in total. The van der Waals surface area contributed by atoms with Gasteiger partial charge in [0, 0.05) is 6.42 Å². The van der Waals surface area contributed by atoms with E-state index in [-0.39, 0.29) is 52.5 Å². The molecular weight excluding hydrogens is 124 g/mol. The maximum absolute atomic E-state index is 9.37. The van der Waals surface area contributed by atoms with Crippen molar-refractivity contribution >= 4 is 43.7 Å². The Kier molecular flexibility index (Phi) is 22.0. The number of carboxylic acid groups (broad SMARTS) is 1. The van der Waals surface area contributed by atoms with Gasteiger partial charge in [-0.05, 0) is 0 Å². The van der Waals surface area contributed by atoms with E-state index in [0.717, 1.165) is 0 Å². The maximum Gasteiger partial charge on any atom is 2.00 e. The van der Waals surface area contributed by atoms with Crippen LogP contribution < -0.4 is 0 Å². The normalized spacial score (nSPS) is 5.29.